The van der Waals surface area contributed by atoms with Gasteiger partial charge in [-0.15, -0.1) is 23.6 Å². The molecular formula is C29H28IrN3O2S-. The van der Waals surface area contributed by atoms with Crippen molar-refractivity contribution in [3.63, 3.8) is 0 Å². The Labute approximate surface area is 229 Å². The van der Waals surface area contributed by atoms with Crippen molar-refractivity contribution in [2.45, 2.75) is 34.1 Å². The first-order valence-electron chi connectivity index (χ1n) is 11.4. The van der Waals surface area contributed by atoms with E-state index in [1.165, 1.54) is 15.1 Å². The molecule has 2 aromatic carbocycles. The van der Waals surface area contributed by atoms with Gasteiger partial charge in [0.25, 0.3) is 5.91 Å². The zero-order valence-electron chi connectivity index (χ0n) is 20.7. The van der Waals surface area contributed by atoms with Crippen molar-refractivity contribution in [1.82, 2.24) is 4.98 Å². The van der Waals surface area contributed by atoms with E-state index in [-0.39, 0.29) is 37.2 Å². The molecule has 7 heteroatoms. The minimum atomic E-state index is -0.268. The van der Waals surface area contributed by atoms with E-state index in [0.717, 1.165) is 10.6 Å². The second-order valence-electron chi connectivity index (χ2n) is 9.46. The van der Waals surface area contributed by atoms with Gasteiger partial charge < -0.3 is 10.1 Å². The molecule has 0 atom stereocenters. The first-order valence-corrected chi connectivity index (χ1v) is 12.2. The normalized spacial score (nSPS) is 14.6. The summed E-state index contributed by atoms with van der Waals surface area (Å²) in [5.41, 5.74) is 2.50. The Balaban J connectivity index is 0.000000202. The van der Waals surface area contributed by atoms with Gasteiger partial charge in [0.2, 0.25) is 0 Å². The molecule has 0 spiro atoms. The molecule has 1 aliphatic rings. The first-order chi connectivity index (χ1) is 16.7. The summed E-state index contributed by atoms with van der Waals surface area (Å²) >= 11 is 1.73. The van der Waals surface area contributed by atoms with Crippen LogP contribution < -0.4 is 5.01 Å². The van der Waals surface area contributed by atoms with Crippen molar-refractivity contribution in [3.8, 4) is 10.6 Å². The van der Waals surface area contributed by atoms with E-state index in [9.17, 15) is 9.90 Å². The largest absolute Gasteiger partial charge is 0.511 e. The number of carbonyl (C=O) groups excluding carboxylic acids is 1. The Morgan fingerprint density at radius 3 is 2.31 bits per heavy atom. The van der Waals surface area contributed by atoms with Crippen LogP contribution in [0.2, 0.25) is 0 Å². The number of para-hydroxylation sites is 1. The average molecular weight is 675 g/mol. The van der Waals surface area contributed by atoms with Crippen LogP contribution in [0.4, 0.5) is 5.69 Å². The summed E-state index contributed by atoms with van der Waals surface area (Å²) in [6.07, 6.45) is 2.26. The van der Waals surface area contributed by atoms with Gasteiger partial charge in [-0.05, 0) is 40.1 Å². The molecule has 4 aromatic rings. The number of aromatic nitrogens is 1. The van der Waals surface area contributed by atoms with Gasteiger partial charge >= 0.3 is 0 Å². The van der Waals surface area contributed by atoms with Gasteiger partial charge in [0, 0.05) is 38.4 Å². The van der Waals surface area contributed by atoms with Crippen LogP contribution in [0.25, 0.3) is 20.7 Å². The Bertz CT molecular complexity index is 1360. The zero-order chi connectivity index (χ0) is 25.0. The van der Waals surface area contributed by atoms with Gasteiger partial charge in [0.1, 0.15) is 11.3 Å². The number of hydrogen-bond acceptors (Lipinski definition) is 5. The molecule has 0 unspecified atom stereocenters. The standard InChI is InChI=1S/C16H20N2O2.C13H8NS.Ir/c1-11-14(13(19)10-16(2,3)4)15(20)18(17-11)12-8-6-5-7-9-12;1-2-7-12-10(5-1)9-13(15-12)11-6-3-4-8-14-11;/h5-9,19H,10H2,1-4H3;1-8H;/q;-1;/b14-13-;;. The molecule has 36 heavy (non-hydrogen) atoms. The summed E-state index contributed by atoms with van der Waals surface area (Å²) in [6.45, 7) is 7.80. The van der Waals surface area contributed by atoms with E-state index < -0.39 is 0 Å². The molecular weight excluding hydrogens is 647 g/mol. The Hall–Kier alpha value is -3.12. The summed E-state index contributed by atoms with van der Waals surface area (Å²) in [5, 5.41) is 17.0. The molecule has 3 heterocycles. The van der Waals surface area contributed by atoms with Crippen LogP contribution in [0.5, 0.6) is 0 Å². The molecule has 1 radical (unpaired) electrons. The Morgan fingerprint density at radius 2 is 1.67 bits per heavy atom. The molecule has 1 aliphatic heterocycles. The Morgan fingerprint density at radius 1 is 1.00 bits per heavy atom. The number of pyridine rings is 1. The van der Waals surface area contributed by atoms with E-state index in [1.54, 1.807) is 18.3 Å². The fourth-order valence-corrected chi connectivity index (χ4v) is 4.69. The van der Waals surface area contributed by atoms with Crippen LogP contribution in [0.15, 0.2) is 95.4 Å². The van der Waals surface area contributed by atoms with Gasteiger partial charge in [-0.2, -0.15) is 10.1 Å². The molecule has 2 aromatic heterocycles. The number of nitrogens with zero attached hydrogens (tertiary/aromatic N) is 3. The van der Waals surface area contributed by atoms with E-state index in [2.05, 4.69) is 34.4 Å². The van der Waals surface area contributed by atoms with Gasteiger partial charge in [0.05, 0.1) is 11.4 Å². The molecule has 5 rings (SSSR count). The van der Waals surface area contributed by atoms with E-state index >= 15 is 0 Å². The fraction of sp³-hybridized carbons (Fsp3) is 0.207. The SMILES string of the molecule is CC1=NN(c2ccccc2)C(=O)/C1=C(\O)CC(C)(C)C.[Ir].[c-]1c(-c2ccccn2)sc2ccccc12. The monoisotopic (exact) mass is 675 g/mol. The number of hydrazone groups is 1. The number of carbonyl (C=O) groups is 1. The quantitative estimate of drug-likeness (QED) is 0.140. The van der Waals surface area contributed by atoms with E-state index in [0.29, 0.717) is 23.4 Å². The third kappa shape index (κ3) is 6.55. The number of anilines is 1. The van der Waals surface area contributed by atoms with Crippen LogP contribution in [-0.2, 0) is 24.9 Å². The minimum absolute atomic E-state index is 0. The maximum atomic E-state index is 12.4. The van der Waals surface area contributed by atoms with Crippen molar-refractivity contribution >= 4 is 38.7 Å². The molecule has 1 N–H and O–H groups in total. The minimum Gasteiger partial charge on any atom is -0.511 e. The fourth-order valence-electron chi connectivity index (χ4n) is 3.70. The van der Waals surface area contributed by atoms with Gasteiger partial charge in [-0.1, -0.05) is 63.2 Å². The predicted molar refractivity (Wildman–Crippen MR) is 145 cm³/mol. The van der Waals surface area contributed by atoms with Crippen molar-refractivity contribution in [1.29, 1.82) is 0 Å². The number of thiophene rings is 1. The summed E-state index contributed by atoms with van der Waals surface area (Å²) in [4.78, 5) is 17.9. The predicted octanol–water partition coefficient (Wildman–Crippen LogP) is 7.42. The third-order valence-electron chi connectivity index (χ3n) is 5.25. The van der Waals surface area contributed by atoms with Gasteiger partial charge in [-0.3, -0.25) is 4.79 Å². The third-order valence-corrected chi connectivity index (χ3v) is 6.34. The first kappa shape index (κ1) is 27.5. The van der Waals surface area contributed by atoms with Crippen LogP contribution in [0.1, 0.15) is 34.1 Å². The number of allylic oxidation sites excluding steroid dienone is 1. The summed E-state index contributed by atoms with van der Waals surface area (Å²) in [6, 6.07) is 26.8. The number of hydrogen-bond donors (Lipinski definition) is 1. The second-order valence-corrected chi connectivity index (χ2v) is 10.5. The number of amides is 1. The summed E-state index contributed by atoms with van der Waals surface area (Å²) in [7, 11) is 0. The van der Waals surface area contributed by atoms with Crippen LogP contribution in [-0.4, -0.2) is 21.7 Å². The van der Waals surface area contributed by atoms with E-state index in [1.807, 2.05) is 81.6 Å². The number of aliphatic hydroxyl groups excluding tert-OH is 1. The summed E-state index contributed by atoms with van der Waals surface area (Å²) in [5.74, 6) is -0.155. The molecule has 5 nitrogen and oxygen atoms in total. The van der Waals surface area contributed by atoms with Crippen LogP contribution >= 0.6 is 11.3 Å². The maximum Gasteiger partial charge on any atom is 0.284 e. The number of fused-ring (bicyclic) bond motifs is 1. The number of rotatable bonds is 3. The Kier molecular flexibility index (Phi) is 8.96. The smallest absolute Gasteiger partial charge is 0.284 e. The van der Waals surface area contributed by atoms with Crippen molar-refractivity contribution in [2.24, 2.45) is 10.5 Å². The topological polar surface area (TPSA) is 65.8 Å². The zero-order valence-corrected chi connectivity index (χ0v) is 23.9. The molecule has 187 valence electrons. The molecule has 0 bridgehead atoms. The van der Waals surface area contributed by atoms with Crippen molar-refractivity contribution in [2.75, 3.05) is 5.01 Å². The molecule has 1 amide bonds. The van der Waals surface area contributed by atoms with Gasteiger partial charge in [0.15, 0.2) is 0 Å². The molecule has 0 saturated carbocycles. The average Bonchev–Trinajstić information content (AvgIpc) is 3.40. The second kappa shape index (κ2) is 11.7. The van der Waals surface area contributed by atoms with Crippen LogP contribution in [0, 0.1) is 11.5 Å². The molecule has 0 saturated heterocycles. The molecule has 0 aliphatic carbocycles. The van der Waals surface area contributed by atoms with E-state index in [4.69, 9.17) is 0 Å². The molecule has 0 fully saturated rings. The van der Waals surface area contributed by atoms with Gasteiger partial charge in [-0.25, -0.2) is 11.3 Å². The van der Waals surface area contributed by atoms with Crippen molar-refractivity contribution < 1.29 is 30.0 Å². The number of benzene rings is 2. The maximum absolute atomic E-state index is 12.4. The van der Waals surface area contributed by atoms with Crippen molar-refractivity contribution in [3.05, 3.63) is 96.4 Å². The number of aliphatic hydroxyl groups is 1. The van der Waals surface area contributed by atoms with Crippen LogP contribution in [0.3, 0.4) is 0 Å². The summed E-state index contributed by atoms with van der Waals surface area (Å²) < 4.78 is 1.26.